The van der Waals surface area contributed by atoms with Gasteiger partial charge in [-0.1, -0.05) is 26.0 Å². The smallest absolute Gasteiger partial charge is 0.325 e. The van der Waals surface area contributed by atoms with Crippen LogP contribution < -0.4 is 36.3 Å². The molecular weight excluding hydrogens is 847 g/mol. The molecule has 0 aliphatic carbocycles. The van der Waals surface area contributed by atoms with Gasteiger partial charge in [0, 0.05) is 56.5 Å². The Labute approximate surface area is 382 Å². The van der Waals surface area contributed by atoms with E-state index in [1.165, 1.54) is 7.11 Å². The van der Waals surface area contributed by atoms with Crippen LogP contribution in [0.25, 0.3) is 22.1 Å². The molecular formula is C46H60N13O7+. The summed E-state index contributed by atoms with van der Waals surface area (Å²) in [5.41, 5.74) is 16.2. The minimum atomic E-state index is -0.658. The number of ether oxygens (including phenoxy) is 3. The molecule has 66 heavy (non-hydrogen) atoms. The summed E-state index contributed by atoms with van der Waals surface area (Å²) in [7, 11) is 1.48. The predicted molar refractivity (Wildman–Crippen MR) is 248 cm³/mol. The van der Waals surface area contributed by atoms with E-state index in [9.17, 15) is 19.2 Å². The number of aryl methyl sites for hydroxylation is 3. The zero-order valence-electron chi connectivity index (χ0n) is 38.7. The third-order valence-electron chi connectivity index (χ3n) is 11.4. The Kier molecular flexibility index (Phi) is 14.5. The predicted octanol–water partition coefficient (Wildman–Crippen LogP) is 4.05. The molecule has 0 unspecified atom stereocenters. The van der Waals surface area contributed by atoms with E-state index in [2.05, 4.69) is 39.2 Å². The lowest BCUT2D eigenvalue weighted by molar-refractivity contribution is -0.774. The number of morpholine rings is 1. The number of allylic oxidation sites excluding steroid dienone is 2. The van der Waals surface area contributed by atoms with Gasteiger partial charge in [-0.3, -0.25) is 39.4 Å². The maximum absolute atomic E-state index is 14.1. The number of rotatable bonds is 20. The number of hydrogen-bond acceptors (Lipinski definition) is 11. The van der Waals surface area contributed by atoms with Gasteiger partial charge in [-0.05, 0) is 70.4 Å². The zero-order chi connectivity index (χ0) is 47.2. The van der Waals surface area contributed by atoms with E-state index >= 15 is 0 Å². The van der Waals surface area contributed by atoms with E-state index < -0.39 is 17.7 Å². The van der Waals surface area contributed by atoms with Crippen LogP contribution in [0.3, 0.4) is 0 Å². The van der Waals surface area contributed by atoms with E-state index in [1.54, 1.807) is 44.1 Å². The van der Waals surface area contributed by atoms with Crippen molar-refractivity contribution < 1.29 is 38.1 Å². The molecule has 0 bridgehead atoms. The van der Waals surface area contributed by atoms with Crippen molar-refractivity contribution in [3.05, 3.63) is 82.5 Å². The summed E-state index contributed by atoms with van der Waals surface area (Å²) in [5, 5.41) is 10.4. The van der Waals surface area contributed by atoms with Gasteiger partial charge < -0.3 is 34.8 Å². The highest BCUT2D eigenvalue weighted by molar-refractivity contribution is 6.05. The van der Waals surface area contributed by atoms with Gasteiger partial charge in [0.05, 0.1) is 55.9 Å². The number of imidazole rings is 2. The van der Waals surface area contributed by atoms with Gasteiger partial charge in [-0.25, -0.2) is 9.97 Å². The Morgan fingerprint density at radius 3 is 2.00 bits per heavy atom. The molecule has 1 aliphatic heterocycles. The number of hydrogen-bond donors (Lipinski definition) is 4. The Bertz CT molecular complexity index is 2810. The molecule has 1 saturated heterocycles. The Morgan fingerprint density at radius 1 is 0.848 bits per heavy atom. The number of aromatic nitrogens is 8. The molecule has 7 rings (SSSR count). The van der Waals surface area contributed by atoms with E-state index in [-0.39, 0.29) is 42.0 Å². The number of anilines is 2. The lowest BCUT2D eigenvalue weighted by Crippen LogP contribution is -2.48. The second-order valence-corrected chi connectivity index (χ2v) is 16.6. The lowest BCUT2D eigenvalue weighted by Gasteiger charge is -2.26. The molecule has 20 nitrogen and oxygen atoms in total. The number of nitrogens with zero attached hydrogens (tertiary/aromatic N) is 9. The summed E-state index contributed by atoms with van der Waals surface area (Å²) in [5.74, 6) is -0.623. The summed E-state index contributed by atoms with van der Waals surface area (Å²) in [6.45, 7) is 18.3. The monoisotopic (exact) mass is 906 g/mol. The van der Waals surface area contributed by atoms with Gasteiger partial charge in [-0.2, -0.15) is 9.78 Å². The minimum Gasteiger partial charge on any atom is -0.494 e. The largest absolute Gasteiger partial charge is 0.494 e. The molecule has 350 valence electrons. The van der Waals surface area contributed by atoms with Gasteiger partial charge in [0.25, 0.3) is 11.6 Å². The molecule has 0 spiro atoms. The van der Waals surface area contributed by atoms with E-state index in [4.69, 9.17) is 35.6 Å². The van der Waals surface area contributed by atoms with Gasteiger partial charge >= 0.3 is 5.91 Å². The first-order valence-electron chi connectivity index (χ1n) is 22.3. The Morgan fingerprint density at radius 2 is 1.44 bits per heavy atom. The van der Waals surface area contributed by atoms with Crippen LogP contribution in [0.2, 0.25) is 0 Å². The number of primary amides is 2. The highest BCUT2D eigenvalue weighted by Crippen LogP contribution is 2.33. The zero-order valence-corrected chi connectivity index (χ0v) is 38.7. The van der Waals surface area contributed by atoms with Crippen molar-refractivity contribution in [1.29, 1.82) is 0 Å². The van der Waals surface area contributed by atoms with E-state index in [0.29, 0.717) is 95.9 Å². The number of benzene rings is 2. The lowest BCUT2D eigenvalue weighted by atomic mass is 10.1. The fourth-order valence-electron chi connectivity index (χ4n) is 8.29. The molecule has 1 aliphatic rings. The summed E-state index contributed by atoms with van der Waals surface area (Å²) >= 11 is 0. The fraction of sp³-hybridized carbons (Fsp3) is 0.435. The number of fused-ring (bicyclic) bond motifs is 2. The van der Waals surface area contributed by atoms with Crippen molar-refractivity contribution in [1.82, 2.24) is 38.5 Å². The number of carbonyl (C=O) groups excluding carboxylic acids is 4. The van der Waals surface area contributed by atoms with Crippen LogP contribution in [0, 0.1) is 19.8 Å². The molecule has 0 radical (unpaired) electrons. The standard InChI is InChI=1S/C46H59N13O7/c1-8-57-35(21-29(5)53-57)43(62)51-45-50-34-24-32(42(48)61)26-38(66-18-12-13-54-16-19-65-20-17-54)40(34)56(45)15-11-10-14-55-39-33(23-31(41(47)60)25-37(39)64-7)49-46(55)52-44(63)36-22-30(6)59(27-28(3)4)58(36)9-2/h10-11,21-26,28H,8-9,12-20,27H2,1-7H3,(H5-,47,48,49,50,51,52,60,61,62,63)/p+1/b11-10+. The molecule has 20 heteroatoms. The van der Waals surface area contributed by atoms with Crippen molar-refractivity contribution in [2.45, 2.75) is 80.7 Å². The number of methoxy groups -OCH3 is 1. The number of nitrogens with one attached hydrogen (secondary N) is 2. The third kappa shape index (κ3) is 10.1. The second kappa shape index (κ2) is 20.4. The number of amides is 4. The number of carbonyl (C=O) groups is 4. The van der Waals surface area contributed by atoms with Crippen LogP contribution in [0.4, 0.5) is 11.9 Å². The fourth-order valence-corrected chi connectivity index (χ4v) is 8.29. The summed E-state index contributed by atoms with van der Waals surface area (Å²) in [6, 6.07) is 9.85. The first-order valence-corrected chi connectivity index (χ1v) is 22.3. The Balaban J connectivity index is 1.26. The van der Waals surface area contributed by atoms with Crippen LogP contribution in [0.1, 0.15) is 87.2 Å². The third-order valence-corrected chi connectivity index (χ3v) is 11.4. The van der Waals surface area contributed by atoms with Crippen molar-refractivity contribution in [2.75, 3.05) is 57.2 Å². The van der Waals surface area contributed by atoms with E-state index in [0.717, 1.165) is 31.9 Å². The number of nitrogens with two attached hydrogens (primary N) is 2. The molecule has 5 heterocycles. The van der Waals surface area contributed by atoms with Crippen molar-refractivity contribution >= 4 is 57.6 Å². The van der Waals surface area contributed by atoms with Gasteiger partial charge in [0.2, 0.25) is 23.7 Å². The van der Waals surface area contributed by atoms with Gasteiger partial charge in [0.15, 0.2) is 6.54 Å². The average molecular weight is 907 g/mol. The molecule has 0 saturated carbocycles. The Hall–Kier alpha value is -7.06. The quantitative estimate of drug-likeness (QED) is 0.0484. The SMILES string of the molecule is CCn1nc(C)cc1C(=O)Nc1nc2cc(C(N)=O)cc(OCCCN3CCOCC3)c2n1C/C=C/Cn1c(NC(=O)c2cc(C)n(CC(C)C)[n+]2CC)nc2cc(C(N)=O)cc(OC)c21. The highest BCUT2D eigenvalue weighted by Gasteiger charge is 2.29. The second-order valence-electron chi connectivity index (χ2n) is 16.6. The van der Waals surface area contributed by atoms with Crippen LogP contribution in [-0.4, -0.2) is 109 Å². The molecule has 4 amide bonds. The molecule has 0 atom stereocenters. The first kappa shape index (κ1) is 46.9. The van der Waals surface area contributed by atoms with Crippen molar-refractivity contribution in [3.63, 3.8) is 0 Å². The molecule has 1 fully saturated rings. The minimum absolute atomic E-state index is 0.175. The summed E-state index contributed by atoms with van der Waals surface area (Å²) < 4.78 is 26.9. The van der Waals surface area contributed by atoms with Crippen molar-refractivity contribution in [2.24, 2.45) is 17.4 Å². The maximum atomic E-state index is 14.1. The molecule has 6 N–H and O–H groups in total. The topological polar surface area (TPSA) is 238 Å². The van der Waals surface area contributed by atoms with Gasteiger partial charge in [-0.15, -0.1) is 4.68 Å². The van der Waals surface area contributed by atoms with Crippen LogP contribution in [-0.2, 0) is 37.5 Å². The van der Waals surface area contributed by atoms with E-state index in [1.807, 2.05) is 50.6 Å². The highest BCUT2D eigenvalue weighted by atomic mass is 16.5. The summed E-state index contributed by atoms with van der Waals surface area (Å²) in [6.07, 6.45) is 4.47. The van der Waals surface area contributed by atoms with Crippen molar-refractivity contribution in [3.8, 4) is 11.5 Å². The van der Waals surface area contributed by atoms with Crippen LogP contribution >= 0.6 is 0 Å². The molecule has 2 aromatic carbocycles. The molecule has 4 aromatic heterocycles. The normalized spacial score (nSPS) is 13.3. The van der Waals surface area contributed by atoms with Gasteiger partial charge in [0.1, 0.15) is 28.2 Å². The van der Waals surface area contributed by atoms with Crippen LogP contribution in [0.15, 0.2) is 48.6 Å². The van der Waals surface area contributed by atoms with Crippen LogP contribution in [0.5, 0.6) is 11.5 Å². The summed E-state index contributed by atoms with van der Waals surface area (Å²) in [4.78, 5) is 64.9. The average Bonchev–Trinajstić information content (AvgIpc) is 4.04. The molecule has 6 aromatic rings. The maximum Gasteiger partial charge on any atom is 0.325 e. The first-order chi connectivity index (χ1) is 31.7.